The molecule has 0 bridgehead atoms. The van der Waals surface area contributed by atoms with Gasteiger partial charge in [0.1, 0.15) is 5.82 Å². The van der Waals surface area contributed by atoms with E-state index in [-0.39, 0.29) is 17.0 Å². The Hall–Kier alpha value is -1.56. The molecule has 0 aliphatic rings. The van der Waals surface area contributed by atoms with Gasteiger partial charge in [0.2, 0.25) is 0 Å². The highest BCUT2D eigenvalue weighted by molar-refractivity contribution is 6.31. The van der Waals surface area contributed by atoms with Crippen molar-refractivity contribution in [2.24, 2.45) is 5.84 Å². The van der Waals surface area contributed by atoms with E-state index in [2.05, 4.69) is 5.43 Å². The fraction of sp³-hybridized carbons (Fsp3) is 0.143. The molecule has 0 saturated heterocycles. The van der Waals surface area contributed by atoms with Gasteiger partial charge < -0.3 is 0 Å². The van der Waals surface area contributed by atoms with E-state index in [4.69, 9.17) is 17.4 Å². The highest BCUT2D eigenvalue weighted by atomic mass is 35.5. The Morgan fingerprint density at radius 2 is 1.90 bits per heavy atom. The third-order valence-electron chi connectivity index (χ3n) is 3.00. The molecule has 1 atom stereocenters. The number of benzene rings is 2. The molecular formula is C14H12ClF3N2. The van der Waals surface area contributed by atoms with Crippen LogP contribution < -0.4 is 11.3 Å². The van der Waals surface area contributed by atoms with Crippen molar-refractivity contribution in [3.8, 4) is 0 Å². The van der Waals surface area contributed by atoms with Gasteiger partial charge in [-0.2, -0.15) is 0 Å². The van der Waals surface area contributed by atoms with Crippen LogP contribution in [0.5, 0.6) is 0 Å². The normalized spacial score (nSPS) is 12.4. The summed E-state index contributed by atoms with van der Waals surface area (Å²) in [7, 11) is 0. The molecule has 2 aromatic carbocycles. The van der Waals surface area contributed by atoms with Crippen LogP contribution in [0.25, 0.3) is 0 Å². The van der Waals surface area contributed by atoms with Crippen LogP contribution in [0.15, 0.2) is 36.4 Å². The lowest BCUT2D eigenvalue weighted by Crippen LogP contribution is -2.30. The molecule has 0 heterocycles. The first-order valence-electron chi connectivity index (χ1n) is 5.87. The van der Waals surface area contributed by atoms with Crippen LogP contribution in [-0.4, -0.2) is 0 Å². The van der Waals surface area contributed by atoms with Crippen LogP contribution in [0.3, 0.4) is 0 Å². The fourth-order valence-corrected chi connectivity index (χ4v) is 2.20. The van der Waals surface area contributed by atoms with Crippen molar-refractivity contribution < 1.29 is 13.2 Å². The average molecular weight is 301 g/mol. The van der Waals surface area contributed by atoms with E-state index in [1.165, 1.54) is 24.3 Å². The van der Waals surface area contributed by atoms with Crippen LogP contribution in [-0.2, 0) is 6.42 Å². The molecule has 0 amide bonds. The Morgan fingerprint density at radius 3 is 2.55 bits per heavy atom. The number of rotatable bonds is 4. The van der Waals surface area contributed by atoms with Gasteiger partial charge >= 0.3 is 0 Å². The van der Waals surface area contributed by atoms with Crippen LogP contribution in [0, 0.1) is 17.5 Å². The molecule has 0 radical (unpaired) electrons. The van der Waals surface area contributed by atoms with Crippen molar-refractivity contribution in [1.29, 1.82) is 0 Å². The van der Waals surface area contributed by atoms with Crippen LogP contribution >= 0.6 is 11.6 Å². The summed E-state index contributed by atoms with van der Waals surface area (Å²) in [4.78, 5) is 0. The summed E-state index contributed by atoms with van der Waals surface area (Å²) in [5.74, 6) is 3.02. The van der Waals surface area contributed by atoms with E-state index >= 15 is 0 Å². The first-order valence-corrected chi connectivity index (χ1v) is 6.24. The maximum atomic E-state index is 13.7. The van der Waals surface area contributed by atoms with Gasteiger partial charge in [-0.15, -0.1) is 0 Å². The summed E-state index contributed by atoms with van der Waals surface area (Å²) in [6.07, 6.45) is 0.204. The minimum atomic E-state index is -0.964. The Balaban J connectivity index is 2.31. The third kappa shape index (κ3) is 3.12. The fourth-order valence-electron chi connectivity index (χ4n) is 1.96. The van der Waals surface area contributed by atoms with E-state index in [1.807, 2.05) is 0 Å². The molecule has 2 nitrogen and oxygen atoms in total. The Morgan fingerprint density at radius 1 is 1.15 bits per heavy atom. The van der Waals surface area contributed by atoms with Gasteiger partial charge in [-0.25, -0.2) is 13.2 Å². The van der Waals surface area contributed by atoms with Crippen molar-refractivity contribution in [3.05, 3.63) is 70.0 Å². The number of nitrogens with one attached hydrogen (secondary N) is 1. The molecule has 2 rings (SSSR count). The highest BCUT2D eigenvalue weighted by Gasteiger charge is 2.18. The summed E-state index contributed by atoms with van der Waals surface area (Å²) < 4.78 is 39.9. The zero-order chi connectivity index (χ0) is 14.7. The number of hydrogen-bond donors (Lipinski definition) is 2. The number of nitrogens with two attached hydrogens (primary N) is 1. The van der Waals surface area contributed by atoms with Crippen molar-refractivity contribution in [2.45, 2.75) is 12.5 Å². The zero-order valence-electron chi connectivity index (χ0n) is 10.3. The van der Waals surface area contributed by atoms with Crippen LogP contribution in [0.1, 0.15) is 17.2 Å². The third-order valence-corrected chi connectivity index (χ3v) is 3.35. The Kier molecular flexibility index (Phi) is 4.65. The summed E-state index contributed by atoms with van der Waals surface area (Å²) in [6.45, 7) is 0. The molecule has 0 aliphatic heterocycles. The van der Waals surface area contributed by atoms with Gasteiger partial charge in [0.15, 0.2) is 11.6 Å². The molecule has 1 unspecified atom stereocenters. The second-order valence-corrected chi connectivity index (χ2v) is 4.71. The van der Waals surface area contributed by atoms with Crippen molar-refractivity contribution in [3.63, 3.8) is 0 Å². The second-order valence-electron chi connectivity index (χ2n) is 4.30. The van der Waals surface area contributed by atoms with E-state index in [0.29, 0.717) is 5.56 Å². The summed E-state index contributed by atoms with van der Waals surface area (Å²) >= 11 is 5.91. The molecule has 106 valence electrons. The average Bonchev–Trinajstić information content (AvgIpc) is 2.42. The van der Waals surface area contributed by atoms with E-state index in [1.54, 1.807) is 0 Å². The number of hydrogen-bond acceptors (Lipinski definition) is 2. The van der Waals surface area contributed by atoms with Crippen LogP contribution in [0.4, 0.5) is 13.2 Å². The van der Waals surface area contributed by atoms with Gasteiger partial charge in [0.05, 0.1) is 6.04 Å². The minimum absolute atomic E-state index is 0.0906. The summed E-state index contributed by atoms with van der Waals surface area (Å²) in [5.41, 5.74) is 3.09. The summed E-state index contributed by atoms with van der Waals surface area (Å²) in [6, 6.07) is 7.07. The van der Waals surface area contributed by atoms with Gasteiger partial charge in [0.25, 0.3) is 0 Å². The molecule has 0 spiro atoms. The van der Waals surface area contributed by atoms with Gasteiger partial charge in [-0.1, -0.05) is 29.8 Å². The quantitative estimate of drug-likeness (QED) is 0.670. The smallest absolute Gasteiger partial charge is 0.163 e. The monoisotopic (exact) mass is 300 g/mol. The first kappa shape index (κ1) is 14.8. The van der Waals surface area contributed by atoms with Crippen molar-refractivity contribution >= 4 is 11.6 Å². The molecule has 3 N–H and O–H groups in total. The number of halogens is 4. The van der Waals surface area contributed by atoms with Crippen molar-refractivity contribution in [1.82, 2.24) is 5.43 Å². The lowest BCUT2D eigenvalue weighted by molar-refractivity contribution is 0.464. The van der Waals surface area contributed by atoms with E-state index in [9.17, 15) is 13.2 Å². The molecule has 20 heavy (non-hydrogen) atoms. The molecule has 0 saturated carbocycles. The SMILES string of the molecule is NNC(Cc1ccc(F)cc1Cl)c1cccc(F)c1F. The standard InChI is InChI=1S/C14H12ClF3N2/c15-11-7-9(16)5-4-8(11)6-13(20-19)10-2-1-3-12(17)14(10)18/h1-5,7,13,20H,6,19H2. The predicted octanol–water partition coefficient (Wildman–Crippen LogP) is 3.50. The van der Waals surface area contributed by atoms with Crippen LogP contribution in [0.2, 0.25) is 5.02 Å². The largest absolute Gasteiger partial charge is 0.271 e. The first-order chi connectivity index (χ1) is 9.52. The molecule has 6 heteroatoms. The topological polar surface area (TPSA) is 38.0 Å². The molecule has 0 aliphatic carbocycles. The molecule has 2 aromatic rings. The molecule has 0 fully saturated rings. The second kappa shape index (κ2) is 6.26. The molecule has 0 aromatic heterocycles. The van der Waals surface area contributed by atoms with E-state index < -0.39 is 23.5 Å². The Bertz CT molecular complexity index is 619. The maximum Gasteiger partial charge on any atom is 0.163 e. The summed E-state index contributed by atoms with van der Waals surface area (Å²) in [5, 5.41) is 0.210. The Labute approximate surface area is 119 Å². The highest BCUT2D eigenvalue weighted by Crippen LogP contribution is 2.26. The van der Waals surface area contributed by atoms with Gasteiger partial charge in [0, 0.05) is 10.6 Å². The lowest BCUT2D eigenvalue weighted by atomic mass is 9.98. The number of hydrazine groups is 1. The maximum absolute atomic E-state index is 13.7. The van der Waals surface area contributed by atoms with Gasteiger partial charge in [-0.05, 0) is 30.2 Å². The zero-order valence-corrected chi connectivity index (χ0v) is 11.1. The van der Waals surface area contributed by atoms with Crippen molar-refractivity contribution in [2.75, 3.05) is 0 Å². The van der Waals surface area contributed by atoms with Gasteiger partial charge in [-0.3, -0.25) is 11.3 Å². The lowest BCUT2D eigenvalue weighted by Gasteiger charge is -2.18. The minimum Gasteiger partial charge on any atom is -0.271 e. The van der Waals surface area contributed by atoms with E-state index in [0.717, 1.165) is 12.1 Å². The molecular weight excluding hydrogens is 289 g/mol. The predicted molar refractivity (Wildman–Crippen MR) is 71.5 cm³/mol.